The quantitative estimate of drug-likeness (QED) is 0.679. The smallest absolute Gasteiger partial charge is 0.229 e. The van der Waals surface area contributed by atoms with Gasteiger partial charge in [0, 0.05) is 17.4 Å². The third-order valence-corrected chi connectivity index (χ3v) is 5.50. The molecule has 148 valence electrons. The van der Waals surface area contributed by atoms with E-state index in [2.05, 4.69) is 21.2 Å². The van der Waals surface area contributed by atoms with E-state index in [0.29, 0.717) is 17.4 Å². The number of hydrogen-bond donors (Lipinski definition) is 1. The molecule has 6 heteroatoms. The number of fused-ring (bicyclic) bond motifs is 1. The van der Waals surface area contributed by atoms with Crippen molar-refractivity contribution < 1.29 is 19.0 Å². The van der Waals surface area contributed by atoms with Crippen LogP contribution < -0.4 is 19.5 Å². The summed E-state index contributed by atoms with van der Waals surface area (Å²) in [6.45, 7) is 3.88. The lowest BCUT2D eigenvalue weighted by Crippen LogP contribution is -2.32. The van der Waals surface area contributed by atoms with E-state index in [1.807, 2.05) is 56.3 Å². The number of carbonyl (C=O) groups is 1. The molecule has 0 bridgehead atoms. The Morgan fingerprint density at radius 2 is 2.00 bits per heavy atom. The summed E-state index contributed by atoms with van der Waals surface area (Å²) in [5, 5.41) is 2.91. The van der Waals surface area contributed by atoms with Crippen molar-refractivity contribution in [3.05, 3.63) is 64.0 Å². The second-order valence-electron chi connectivity index (χ2n) is 6.69. The molecule has 1 aliphatic rings. The molecule has 1 N–H and O–H groups in total. The molecule has 3 rings (SSSR count). The number of benzene rings is 2. The molecule has 28 heavy (non-hydrogen) atoms. The first-order valence-corrected chi connectivity index (χ1v) is 9.98. The van der Waals surface area contributed by atoms with Crippen LogP contribution in [0.25, 0.3) is 0 Å². The fourth-order valence-electron chi connectivity index (χ4n) is 3.11. The van der Waals surface area contributed by atoms with Crippen LogP contribution in [0, 0.1) is 5.92 Å². The summed E-state index contributed by atoms with van der Waals surface area (Å²) in [5.41, 5.74) is 2.01. The van der Waals surface area contributed by atoms with Gasteiger partial charge in [0.1, 0.15) is 5.75 Å². The molecule has 0 radical (unpaired) electrons. The molecule has 0 saturated carbocycles. The Bertz CT molecular complexity index is 909. The first-order chi connectivity index (χ1) is 13.5. The summed E-state index contributed by atoms with van der Waals surface area (Å²) in [6, 6.07) is 11.8. The lowest BCUT2D eigenvalue weighted by Gasteiger charge is -2.26. The van der Waals surface area contributed by atoms with Gasteiger partial charge in [-0.3, -0.25) is 10.1 Å². The van der Waals surface area contributed by atoms with E-state index in [-0.39, 0.29) is 17.7 Å². The number of carbonyl (C=O) groups excluding carboxylic acids is 1. The van der Waals surface area contributed by atoms with Crippen molar-refractivity contribution >= 4 is 21.8 Å². The number of halogens is 1. The highest BCUT2D eigenvalue weighted by Crippen LogP contribution is 2.43. The van der Waals surface area contributed by atoms with Crippen LogP contribution >= 0.6 is 15.9 Å². The van der Waals surface area contributed by atoms with E-state index in [9.17, 15) is 4.79 Å². The summed E-state index contributed by atoms with van der Waals surface area (Å²) in [5.74, 6) is 2.19. The minimum Gasteiger partial charge on any atom is -0.493 e. The summed E-state index contributed by atoms with van der Waals surface area (Å²) < 4.78 is 17.7. The average molecular weight is 446 g/mol. The fraction of sp³-hybridized carbons (Fsp3) is 0.318. The number of rotatable bonds is 6. The van der Waals surface area contributed by atoms with Gasteiger partial charge in [-0.2, -0.15) is 0 Å². The van der Waals surface area contributed by atoms with E-state index in [0.717, 1.165) is 27.8 Å². The Morgan fingerprint density at radius 1 is 1.25 bits per heavy atom. The van der Waals surface area contributed by atoms with Crippen molar-refractivity contribution in [1.29, 1.82) is 0 Å². The van der Waals surface area contributed by atoms with Crippen LogP contribution in [0.15, 0.2) is 52.8 Å². The van der Waals surface area contributed by atoms with E-state index in [1.54, 1.807) is 14.2 Å². The summed E-state index contributed by atoms with van der Waals surface area (Å²) in [6.07, 6.45) is 2.69. The monoisotopic (exact) mass is 445 g/mol. The Morgan fingerprint density at radius 3 is 2.68 bits per heavy atom. The molecule has 0 fully saturated rings. The zero-order valence-electron chi connectivity index (χ0n) is 16.4. The van der Waals surface area contributed by atoms with E-state index in [1.165, 1.54) is 0 Å². The highest BCUT2D eigenvalue weighted by atomic mass is 79.9. The van der Waals surface area contributed by atoms with Crippen LogP contribution in [-0.2, 0) is 4.79 Å². The number of ether oxygens (including phenoxy) is 3. The number of nitrogens with one attached hydrogen (secondary N) is 1. The largest absolute Gasteiger partial charge is 0.493 e. The van der Waals surface area contributed by atoms with Crippen molar-refractivity contribution in [1.82, 2.24) is 5.32 Å². The summed E-state index contributed by atoms with van der Waals surface area (Å²) in [4.78, 5) is 12.4. The zero-order valence-corrected chi connectivity index (χ0v) is 18.0. The molecule has 0 aromatic heterocycles. The number of amides is 1. The Kier molecular flexibility index (Phi) is 6.29. The van der Waals surface area contributed by atoms with Crippen molar-refractivity contribution in [3.63, 3.8) is 0 Å². The van der Waals surface area contributed by atoms with Gasteiger partial charge in [0.15, 0.2) is 17.4 Å². The van der Waals surface area contributed by atoms with E-state index in [4.69, 9.17) is 14.2 Å². The Balaban J connectivity index is 2.04. The standard InChI is InChI=1S/C22H24BrNO4/c1-5-13(2)22(25)24-20-12-16(15-8-6-7-9-18(15)28-20)14-10-17(23)21(27-4)19(11-14)26-3/h6-13,16H,5H2,1-4H3,(H,24,25). The predicted octanol–water partition coefficient (Wildman–Crippen LogP) is 4.99. The minimum atomic E-state index is -0.103. The summed E-state index contributed by atoms with van der Waals surface area (Å²) >= 11 is 3.56. The van der Waals surface area contributed by atoms with Crippen molar-refractivity contribution in [2.24, 2.45) is 5.92 Å². The first-order valence-electron chi connectivity index (χ1n) is 9.19. The molecular weight excluding hydrogens is 422 g/mol. The topological polar surface area (TPSA) is 56.8 Å². The molecule has 2 aromatic rings. The van der Waals surface area contributed by atoms with Gasteiger partial charge in [0.25, 0.3) is 0 Å². The van der Waals surface area contributed by atoms with Crippen LogP contribution in [0.5, 0.6) is 17.2 Å². The molecule has 1 amide bonds. The van der Waals surface area contributed by atoms with Gasteiger partial charge >= 0.3 is 0 Å². The molecule has 2 unspecified atom stereocenters. The van der Waals surface area contributed by atoms with Gasteiger partial charge in [-0.15, -0.1) is 0 Å². The maximum absolute atomic E-state index is 12.4. The molecule has 5 nitrogen and oxygen atoms in total. The SMILES string of the molecule is CCC(C)C(=O)NC1=CC(c2cc(Br)c(OC)c(OC)c2)c2ccccc2O1. The number of allylic oxidation sites excluding steroid dienone is 1. The van der Waals surface area contributed by atoms with Gasteiger partial charge in [-0.05, 0) is 52.2 Å². The molecule has 2 aromatic carbocycles. The highest BCUT2D eigenvalue weighted by molar-refractivity contribution is 9.10. The maximum Gasteiger partial charge on any atom is 0.229 e. The zero-order chi connectivity index (χ0) is 20.3. The van der Waals surface area contributed by atoms with Crippen molar-refractivity contribution in [2.75, 3.05) is 14.2 Å². The average Bonchev–Trinajstić information content (AvgIpc) is 2.71. The van der Waals surface area contributed by atoms with Crippen LogP contribution in [0.1, 0.15) is 37.3 Å². The van der Waals surface area contributed by atoms with Crippen LogP contribution in [0.2, 0.25) is 0 Å². The molecular formula is C22H24BrNO4. The molecule has 0 saturated heterocycles. The number of hydrogen-bond acceptors (Lipinski definition) is 4. The molecule has 0 aliphatic carbocycles. The third kappa shape index (κ3) is 4.02. The Labute approximate surface area is 173 Å². The van der Waals surface area contributed by atoms with Crippen LogP contribution in [0.4, 0.5) is 0 Å². The normalized spacial score (nSPS) is 16.3. The van der Waals surface area contributed by atoms with E-state index >= 15 is 0 Å². The summed E-state index contributed by atoms with van der Waals surface area (Å²) in [7, 11) is 3.22. The molecule has 0 spiro atoms. The second kappa shape index (κ2) is 8.69. The number of para-hydroxylation sites is 1. The van der Waals surface area contributed by atoms with Crippen molar-refractivity contribution in [2.45, 2.75) is 26.2 Å². The second-order valence-corrected chi connectivity index (χ2v) is 7.54. The maximum atomic E-state index is 12.4. The lowest BCUT2D eigenvalue weighted by molar-refractivity contribution is -0.124. The highest BCUT2D eigenvalue weighted by Gasteiger charge is 2.26. The Hall–Kier alpha value is -2.47. The number of methoxy groups -OCH3 is 2. The molecule has 1 heterocycles. The lowest BCUT2D eigenvalue weighted by atomic mass is 9.89. The molecule has 1 aliphatic heterocycles. The van der Waals surface area contributed by atoms with Crippen LogP contribution in [-0.4, -0.2) is 20.1 Å². The van der Waals surface area contributed by atoms with Gasteiger partial charge in [-0.25, -0.2) is 0 Å². The first kappa shape index (κ1) is 20.3. The van der Waals surface area contributed by atoms with Gasteiger partial charge < -0.3 is 14.2 Å². The fourth-order valence-corrected chi connectivity index (χ4v) is 3.74. The minimum absolute atomic E-state index is 0.0552. The third-order valence-electron chi connectivity index (χ3n) is 4.91. The van der Waals surface area contributed by atoms with E-state index < -0.39 is 0 Å². The van der Waals surface area contributed by atoms with Gasteiger partial charge in [0.2, 0.25) is 5.91 Å². The van der Waals surface area contributed by atoms with Crippen LogP contribution in [0.3, 0.4) is 0 Å². The molecule has 2 atom stereocenters. The van der Waals surface area contributed by atoms with Crippen molar-refractivity contribution in [3.8, 4) is 17.2 Å². The van der Waals surface area contributed by atoms with Gasteiger partial charge in [0.05, 0.1) is 18.7 Å². The van der Waals surface area contributed by atoms with Gasteiger partial charge in [-0.1, -0.05) is 32.0 Å². The predicted molar refractivity (Wildman–Crippen MR) is 112 cm³/mol.